The minimum atomic E-state index is -1.07. The molecule has 0 aromatic heterocycles. The van der Waals surface area contributed by atoms with Crippen LogP contribution in [0.3, 0.4) is 0 Å². The lowest BCUT2D eigenvalue weighted by atomic mass is 9.98. The Bertz CT molecular complexity index is 1040. The van der Waals surface area contributed by atoms with Crippen LogP contribution in [0, 0.1) is 11.8 Å². The van der Waals surface area contributed by atoms with Crippen molar-refractivity contribution in [1.29, 1.82) is 0 Å². The van der Waals surface area contributed by atoms with E-state index in [0.717, 1.165) is 11.1 Å². The van der Waals surface area contributed by atoms with E-state index >= 15 is 0 Å². The lowest BCUT2D eigenvalue weighted by Gasteiger charge is -2.16. The Balaban J connectivity index is 1.09. The van der Waals surface area contributed by atoms with Crippen molar-refractivity contribution in [2.24, 2.45) is 11.8 Å². The summed E-state index contributed by atoms with van der Waals surface area (Å²) in [5, 5.41) is 14.7. The van der Waals surface area contributed by atoms with Gasteiger partial charge in [0, 0.05) is 25.0 Å². The Morgan fingerprint density at radius 2 is 1.70 bits per heavy atom. The lowest BCUT2D eigenvalue weighted by molar-refractivity contribution is -0.148. The Hall–Kier alpha value is -3.39. The SMILES string of the molecule is O=C(NCC1CC1C(=O)N[C@H]1CCO[C@H]1C(=O)O)OCC1c2ccccc2-c2ccccc21. The molecule has 2 aromatic carbocycles. The topological polar surface area (TPSA) is 114 Å². The number of hydrogen-bond donors (Lipinski definition) is 3. The van der Waals surface area contributed by atoms with Crippen LogP contribution in [-0.2, 0) is 19.1 Å². The van der Waals surface area contributed by atoms with Crippen molar-refractivity contribution >= 4 is 18.0 Å². The van der Waals surface area contributed by atoms with E-state index in [0.29, 0.717) is 26.0 Å². The van der Waals surface area contributed by atoms with Gasteiger partial charge in [-0.15, -0.1) is 0 Å². The van der Waals surface area contributed by atoms with Gasteiger partial charge in [-0.05, 0) is 41.0 Å². The Kier molecular flexibility index (Phi) is 5.76. The molecule has 172 valence electrons. The molecule has 2 amide bonds. The summed E-state index contributed by atoms with van der Waals surface area (Å²) in [6.07, 6.45) is -0.359. The molecule has 0 spiro atoms. The predicted octanol–water partition coefficient (Wildman–Crippen LogP) is 2.52. The zero-order valence-corrected chi connectivity index (χ0v) is 18.0. The molecule has 8 nitrogen and oxygen atoms in total. The van der Waals surface area contributed by atoms with Crippen LogP contribution in [0.2, 0.25) is 0 Å². The number of carbonyl (C=O) groups excluding carboxylic acids is 2. The molecule has 3 aliphatic rings. The number of alkyl carbamates (subject to hydrolysis) is 1. The lowest BCUT2D eigenvalue weighted by Crippen LogP contribution is -2.45. The van der Waals surface area contributed by atoms with Gasteiger partial charge < -0.3 is 25.2 Å². The molecule has 1 heterocycles. The summed E-state index contributed by atoms with van der Waals surface area (Å²) in [5.41, 5.74) is 4.65. The van der Waals surface area contributed by atoms with Gasteiger partial charge in [-0.25, -0.2) is 9.59 Å². The van der Waals surface area contributed by atoms with Gasteiger partial charge in [0.1, 0.15) is 6.61 Å². The fourth-order valence-corrected chi connectivity index (χ4v) is 4.93. The summed E-state index contributed by atoms with van der Waals surface area (Å²) in [7, 11) is 0. The molecule has 1 saturated heterocycles. The normalized spacial score (nSPS) is 25.1. The van der Waals surface area contributed by atoms with E-state index in [-0.39, 0.29) is 30.3 Å². The van der Waals surface area contributed by atoms with Crippen molar-refractivity contribution in [2.75, 3.05) is 19.8 Å². The van der Waals surface area contributed by atoms with Crippen molar-refractivity contribution in [2.45, 2.75) is 30.9 Å². The number of nitrogens with one attached hydrogen (secondary N) is 2. The number of fused-ring (bicyclic) bond motifs is 3. The molecule has 5 rings (SSSR count). The van der Waals surface area contributed by atoms with Crippen LogP contribution in [0.25, 0.3) is 11.1 Å². The monoisotopic (exact) mass is 450 g/mol. The number of carboxylic acid groups (broad SMARTS) is 1. The van der Waals surface area contributed by atoms with Crippen LogP contribution in [0.4, 0.5) is 4.79 Å². The maximum Gasteiger partial charge on any atom is 0.407 e. The van der Waals surface area contributed by atoms with Gasteiger partial charge in [-0.3, -0.25) is 4.79 Å². The first-order valence-corrected chi connectivity index (χ1v) is 11.3. The summed E-state index contributed by atoms with van der Waals surface area (Å²) in [4.78, 5) is 35.9. The molecule has 2 aliphatic carbocycles. The van der Waals surface area contributed by atoms with Gasteiger partial charge in [-0.1, -0.05) is 48.5 Å². The highest BCUT2D eigenvalue weighted by atomic mass is 16.5. The van der Waals surface area contributed by atoms with Crippen LogP contribution in [0.15, 0.2) is 48.5 Å². The fourth-order valence-electron chi connectivity index (χ4n) is 4.93. The van der Waals surface area contributed by atoms with Gasteiger partial charge >= 0.3 is 12.1 Å². The zero-order valence-electron chi connectivity index (χ0n) is 18.0. The molecule has 2 fully saturated rings. The second-order valence-corrected chi connectivity index (χ2v) is 8.84. The fraction of sp³-hybridized carbons (Fsp3) is 0.400. The van der Waals surface area contributed by atoms with Gasteiger partial charge in [0.25, 0.3) is 0 Å². The number of amides is 2. The second kappa shape index (κ2) is 8.86. The average Bonchev–Trinajstić information content (AvgIpc) is 3.33. The molecule has 3 N–H and O–H groups in total. The Morgan fingerprint density at radius 3 is 2.36 bits per heavy atom. The van der Waals surface area contributed by atoms with E-state index in [9.17, 15) is 14.4 Å². The summed E-state index contributed by atoms with van der Waals surface area (Å²) in [6, 6.07) is 15.8. The molecule has 2 aromatic rings. The number of carboxylic acids is 1. The Labute approximate surface area is 191 Å². The van der Waals surface area contributed by atoms with Crippen molar-refractivity contribution in [3.63, 3.8) is 0 Å². The summed E-state index contributed by atoms with van der Waals surface area (Å²) >= 11 is 0. The third-order valence-electron chi connectivity index (χ3n) is 6.77. The maximum atomic E-state index is 12.4. The van der Waals surface area contributed by atoms with Crippen LogP contribution >= 0.6 is 0 Å². The number of benzene rings is 2. The Morgan fingerprint density at radius 1 is 1.03 bits per heavy atom. The van der Waals surface area contributed by atoms with Crippen LogP contribution in [-0.4, -0.2) is 55.0 Å². The molecule has 0 radical (unpaired) electrons. The highest BCUT2D eigenvalue weighted by Crippen LogP contribution is 2.44. The van der Waals surface area contributed by atoms with Crippen molar-refractivity contribution < 1.29 is 29.0 Å². The highest BCUT2D eigenvalue weighted by Gasteiger charge is 2.45. The number of ether oxygens (including phenoxy) is 2. The van der Waals surface area contributed by atoms with E-state index in [1.165, 1.54) is 11.1 Å². The predicted molar refractivity (Wildman–Crippen MR) is 119 cm³/mol. The quantitative estimate of drug-likeness (QED) is 0.597. The number of rotatable bonds is 7. The molecule has 8 heteroatoms. The van der Waals surface area contributed by atoms with Gasteiger partial charge in [0.15, 0.2) is 6.10 Å². The van der Waals surface area contributed by atoms with E-state index in [1.807, 2.05) is 24.3 Å². The van der Waals surface area contributed by atoms with Gasteiger partial charge in [0.2, 0.25) is 5.91 Å². The van der Waals surface area contributed by atoms with Crippen LogP contribution in [0.5, 0.6) is 0 Å². The minimum Gasteiger partial charge on any atom is -0.479 e. The smallest absolute Gasteiger partial charge is 0.407 e. The molecule has 33 heavy (non-hydrogen) atoms. The minimum absolute atomic E-state index is 0.00147. The van der Waals surface area contributed by atoms with Crippen LogP contribution < -0.4 is 10.6 Å². The standard InChI is InChI=1S/C25H26N2O6/c28-23(27-21-9-10-32-22(21)24(29)30)19-11-14(19)12-26-25(31)33-13-20-17-7-3-1-5-15(17)16-6-2-4-8-18(16)20/h1-8,14,19-22H,9-13H2,(H,26,31)(H,27,28)(H,29,30)/t14?,19?,21-,22+/m0/s1. The second-order valence-electron chi connectivity index (χ2n) is 8.84. The molecule has 0 bridgehead atoms. The zero-order chi connectivity index (χ0) is 22.9. The van der Waals surface area contributed by atoms with Gasteiger partial charge in [0.05, 0.1) is 6.04 Å². The summed E-state index contributed by atoms with van der Waals surface area (Å²) < 4.78 is 10.7. The molecular weight excluding hydrogens is 424 g/mol. The van der Waals surface area contributed by atoms with E-state index in [2.05, 4.69) is 34.9 Å². The third kappa shape index (κ3) is 4.30. The van der Waals surface area contributed by atoms with Crippen molar-refractivity contribution in [1.82, 2.24) is 10.6 Å². The van der Waals surface area contributed by atoms with E-state index in [4.69, 9.17) is 14.6 Å². The number of aliphatic carboxylic acids is 1. The average molecular weight is 450 g/mol. The van der Waals surface area contributed by atoms with Crippen LogP contribution in [0.1, 0.15) is 29.9 Å². The molecule has 1 saturated carbocycles. The highest BCUT2D eigenvalue weighted by molar-refractivity contribution is 5.83. The largest absolute Gasteiger partial charge is 0.479 e. The van der Waals surface area contributed by atoms with Crippen molar-refractivity contribution in [3.8, 4) is 11.1 Å². The molecule has 4 atom stereocenters. The summed E-state index contributed by atoms with van der Waals surface area (Å²) in [6.45, 7) is 0.907. The number of hydrogen-bond acceptors (Lipinski definition) is 5. The molecule has 2 unspecified atom stereocenters. The first-order chi connectivity index (χ1) is 16.0. The first-order valence-electron chi connectivity index (χ1n) is 11.3. The van der Waals surface area contributed by atoms with E-state index < -0.39 is 24.2 Å². The maximum absolute atomic E-state index is 12.4. The third-order valence-corrected chi connectivity index (χ3v) is 6.77. The first kappa shape index (κ1) is 21.5. The van der Waals surface area contributed by atoms with Crippen molar-refractivity contribution in [3.05, 3.63) is 59.7 Å². The summed E-state index contributed by atoms with van der Waals surface area (Å²) in [5.74, 6) is -1.46. The van der Waals surface area contributed by atoms with E-state index in [1.54, 1.807) is 0 Å². The molecular formula is C25H26N2O6. The van der Waals surface area contributed by atoms with Gasteiger partial charge in [-0.2, -0.15) is 0 Å². The number of carbonyl (C=O) groups is 3. The molecule has 1 aliphatic heterocycles.